The molecule has 1 fully saturated rings. The summed E-state index contributed by atoms with van der Waals surface area (Å²) in [6.07, 6.45) is -3.45. The maximum Gasteiger partial charge on any atom is 0.471 e. The first kappa shape index (κ1) is 18.6. The number of halogens is 4. The van der Waals surface area contributed by atoms with Crippen molar-refractivity contribution in [1.29, 1.82) is 0 Å². The lowest BCUT2D eigenvalue weighted by Crippen LogP contribution is -2.50. The highest BCUT2D eigenvalue weighted by Gasteiger charge is 2.43. The van der Waals surface area contributed by atoms with E-state index in [1.165, 1.54) is 0 Å². The minimum Gasteiger partial charge on any atom is -0.353 e. The van der Waals surface area contributed by atoms with E-state index in [1.54, 1.807) is 6.07 Å². The molecule has 1 saturated heterocycles. The number of piperidine rings is 1. The number of hydrogen-bond donors (Lipinski definition) is 1. The lowest BCUT2D eigenvalue weighted by Gasteiger charge is -2.32. The van der Waals surface area contributed by atoms with Crippen LogP contribution in [0.1, 0.15) is 24.8 Å². The van der Waals surface area contributed by atoms with Gasteiger partial charge < -0.3 is 10.2 Å². The highest BCUT2D eigenvalue weighted by atomic mass is 35.5. The van der Waals surface area contributed by atoms with Gasteiger partial charge in [0.25, 0.3) is 0 Å². The van der Waals surface area contributed by atoms with Gasteiger partial charge in [0.1, 0.15) is 0 Å². The predicted molar refractivity (Wildman–Crippen MR) is 83.6 cm³/mol. The molecule has 0 aromatic heterocycles. The second-order valence-corrected chi connectivity index (χ2v) is 6.13. The summed E-state index contributed by atoms with van der Waals surface area (Å²) in [5.74, 6) is -1.98. The molecule has 132 valence electrons. The number of nitrogens with zero attached hydrogens (tertiary/aromatic N) is 1. The van der Waals surface area contributed by atoms with Crippen molar-refractivity contribution in [3.63, 3.8) is 0 Å². The molecule has 0 spiro atoms. The quantitative estimate of drug-likeness (QED) is 0.895. The van der Waals surface area contributed by atoms with Crippen molar-refractivity contribution in [2.75, 3.05) is 13.1 Å². The molecule has 1 aliphatic rings. The Morgan fingerprint density at radius 2 is 1.83 bits per heavy atom. The molecule has 0 unspecified atom stereocenters. The molecule has 1 N–H and O–H groups in total. The van der Waals surface area contributed by atoms with E-state index in [0.717, 1.165) is 10.5 Å². The number of hydrogen-bond acceptors (Lipinski definition) is 2. The van der Waals surface area contributed by atoms with Gasteiger partial charge in [-0.3, -0.25) is 9.59 Å². The van der Waals surface area contributed by atoms with Crippen LogP contribution in [0.5, 0.6) is 0 Å². The third-order valence-electron chi connectivity index (χ3n) is 3.97. The van der Waals surface area contributed by atoms with Crippen LogP contribution in [0.4, 0.5) is 13.2 Å². The van der Waals surface area contributed by atoms with Gasteiger partial charge in [0.15, 0.2) is 0 Å². The van der Waals surface area contributed by atoms with Gasteiger partial charge in [-0.25, -0.2) is 0 Å². The maximum absolute atomic E-state index is 12.4. The van der Waals surface area contributed by atoms with E-state index in [-0.39, 0.29) is 31.5 Å². The van der Waals surface area contributed by atoms with Gasteiger partial charge in [-0.15, -0.1) is 0 Å². The normalized spacial score (nSPS) is 16.1. The topological polar surface area (TPSA) is 49.4 Å². The summed E-state index contributed by atoms with van der Waals surface area (Å²) < 4.78 is 37.1. The lowest BCUT2D eigenvalue weighted by atomic mass is 10.0. The van der Waals surface area contributed by atoms with E-state index >= 15 is 0 Å². The fraction of sp³-hybridized carbons (Fsp3) is 0.500. The van der Waals surface area contributed by atoms with Crippen LogP contribution in [-0.2, 0) is 16.0 Å². The summed E-state index contributed by atoms with van der Waals surface area (Å²) in [4.78, 5) is 23.9. The second kappa shape index (κ2) is 7.88. The number of benzene rings is 1. The Morgan fingerprint density at radius 1 is 1.21 bits per heavy atom. The third-order valence-corrected chi connectivity index (χ3v) is 4.34. The van der Waals surface area contributed by atoms with Gasteiger partial charge in [0, 0.05) is 30.6 Å². The lowest BCUT2D eigenvalue weighted by molar-refractivity contribution is -0.186. The van der Waals surface area contributed by atoms with E-state index in [2.05, 4.69) is 5.32 Å². The smallest absolute Gasteiger partial charge is 0.353 e. The van der Waals surface area contributed by atoms with E-state index in [4.69, 9.17) is 11.6 Å². The van der Waals surface area contributed by atoms with Gasteiger partial charge in [-0.1, -0.05) is 29.8 Å². The minimum absolute atomic E-state index is 0.00615. The molecule has 1 aliphatic heterocycles. The predicted octanol–water partition coefficient (Wildman–Crippen LogP) is 2.94. The largest absolute Gasteiger partial charge is 0.471 e. The molecule has 1 aromatic rings. The summed E-state index contributed by atoms with van der Waals surface area (Å²) in [7, 11) is 0. The number of alkyl halides is 3. The number of aryl methyl sites for hydroxylation is 1. The van der Waals surface area contributed by atoms with Crippen LogP contribution in [-0.4, -0.2) is 42.0 Å². The van der Waals surface area contributed by atoms with E-state index in [1.807, 2.05) is 18.2 Å². The average molecular weight is 363 g/mol. The second-order valence-electron chi connectivity index (χ2n) is 5.72. The Labute approximate surface area is 143 Å². The van der Waals surface area contributed by atoms with Crippen LogP contribution in [0.15, 0.2) is 24.3 Å². The number of carbonyl (C=O) groups excluding carboxylic acids is 2. The first-order chi connectivity index (χ1) is 11.3. The van der Waals surface area contributed by atoms with E-state index in [9.17, 15) is 22.8 Å². The zero-order valence-electron chi connectivity index (χ0n) is 12.9. The van der Waals surface area contributed by atoms with Crippen molar-refractivity contribution >= 4 is 23.4 Å². The van der Waals surface area contributed by atoms with Crippen LogP contribution < -0.4 is 5.32 Å². The molecular weight excluding hydrogens is 345 g/mol. The molecular formula is C16H18ClF3N2O2. The van der Waals surface area contributed by atoms with Crippen LogP contribution in [0, 0.1) is 0 Å². The van der Waals surface area contributed by atoms with Crippen molar-refractivity contribution in [2.45, 2.75) is 37.9 Å². The molecule has 8 heteroatoms. The van der Waals surface area contributed by atoms with Crippen molar-refractivity contribution < 1.29 is 22.8 Å². The molecule has 0 atom stereocenters. The standard InChI is InChI=1S/C16H18ClF3N2O2/c17-13-4-2-1-3-11(13)5-6-14(23)21-12-7-9-22(10-8-12)15(24)16(18,19)20/h1-4,12H,5-10H2,(H,21,23). The van der Waals surface area contributed by atoms with Crippen molar-refractivity contribution in [2.24, 2.45) is 0 Å². The Bertz CT molecular complexity index is 599. The Balaban J connectivity index is 1.74. The number of rotatable bonds is 4. The van der Waals surface area contributed by atoms with Crippen molar-refractivity contribution in [3.8, 4) is 0 Å². The zero-order valence-corrected chi connectivity index (χ0v) is 13.7. The van der Waals surface area contributed by atoms with Gasteiger partial charge in [-0.2, -0.15) is 13.2 Å². The number of nitrogens with one attached hydrogen (secondary N) is 1. The number of amides is 2. The Morgan fingerprint density at radius 3 is 2.42 bits per heavy atom. The van der Waals surface area contributed by atoms with Crippen LogP contribution in [0.3, 0.4) is 0 Å². The highest BCUT2D eigenvalue weighted by molar-refractivity contribution is 6.31. The molecule has 0 aliphatic carbocycles. The third kappa shape index (κ3) is 5.12. The van der Waals surface area contributed by atoms with Crippen LogP contribution >= 0.6 is 11.6 Å². The summed E-state index contributed by atoms with van der Waals surface area (Å²) in [5.41, 5.74) is 0.875. The Kier molecular flexibility index (Phi) is 6.10. The number of carbonyl (C=O) groups is 2. The monoisotopic (exact) mass is 362 g/mol. The molecule has 1 aromatic carbocycles. The molecule has 0 saturated carbocycles. The fourth-order valence-electron chi connectivity index (χ4n) is 2.66. The molecule has 2 rings (SSSR count). The van der Waals surface area contributed by atoms with Crippen LogP contribution in [0.25, 0.3) is 0 Å². The zero-order chi connectivity index (χ0) is 17.7. The highest BCUT2D eigenvalue weighted by Crippen LogP contribution is 2.22. The minimum atomic E-state index is -4.84. The Hall–Kier alpha value is -1.76. The molecule has 0 radical (unpaired) electrons. The summed E-state index contributed by atoms with van der Waals surface area (Å²) >= 11 is 6.02. The van der Waals surface area contributed by atoms with E-state index < -0.39 is 12.1 Å². The molecule has 0 bridgehead atoms. The maximum atomic E-state index is 12.4. The van der Waals surface area contributed by atoms with Gasteiger partial charge in [-0.05, 0) is 30.9 Å². The molecule has 1 heterocycles. The SMILES string of the molecule is O=C(CCc1ccccc1Cl)NC1CCN(C(=O)C(F)(F)F)CC1. The first-order valence-corrected chi connectivity index (χ1v) is 8.04. The van der Waals surface area contributed by atoms with Crippen LogP contribution in [0.2, 0.25) is 5.02 Å². The fourth-order valence-corrected chi connectivity index (χ4v) is 2.89. The van der Waals surface area contributed by atoms with Gasteiger partial charge in [0.2, 0.25) is 5.91 Å². The van der Waals surface area contributed by atoms with Crippen molar-refractivity contribution in [3.05, 3.63) is 34.9 Å². The van der Waals surface area contributed by atoms with E-state index in [0.29, 0.717) is 24.3 Å². The summed E-state index contributed by atoms with van der Waals surface area (Å²) in [5, 5.41) is 3.41. The first-order valence-electron chi connectivity index (χ1n) is 7.66. The molecule has 2 amide bonds. The summed E-state index contributed by atoms with van der Waals surface area (Å²) in [6.45, 7) is -0.0123. The van der Waals surface area contributed by atoms with Crippen molar-refractivity contribution in [1.82, 2.24) is 10.2 Å². The summed E-state index contributed by atoms with van der Waals surface area (Å²) in [6, 6.07) is 7.04. The van der Waals surface area contributed by atoms with Gasteiger partial charge in [0.05, 0.1) is 0 Å². The molecule has 24 heavy (non-hydrogen) atoms. The van der Waals surface area contributed by atoms with Gasteiger partial charge >= 0.3 is 12.1 Å². The number of likely N-dealkylation sites (tertiary alicyclic amines) is 1. The average Bonchev–Trinajstić information content (AvgIpc) is 2.53. The molecule has 4 nitrogen and oxygen atoms in total.